The molecule has 0 aromatic rings. The zero-order valence-electron chi connectivity index (χ0n) is 8.40. The van der Waals surface area contributed by atoms with Crippen molar-refractivity contribution in [3.05, 3.63) is 12.2 Å². The summed E-state index contributed by atoms with van der Waals surface area (Å²) >= 11 is 0. The molecule has 0 spiro atoms. The molecule has 1 nitrogen and oxygen atoms in total. The van der Waals surface area contributed by atoms with Crippen LogP contribution in [0.5, 0.6) is 0 Å². The summed E-state index contributed by atoms with van der Waals surface area (Å²) in [5, 5.41) is 3.38. The number of nitrogens with one attached hydrogen (secondary N) is 1. The van der Waals surface area contributed by atoms with Gasteiger partial charge in [0.25, 0.3) is 0 Å². The molecule has 1 aliphatic rings. The summed E-state index contributed by atoms with van der Waals surface area (Å²) in [6.07, 6.45) is 6.75. The standard InChI is InChI=1S/C11H21N/c1-9(2)7-10-5-4-6-11(8-10)12-3/h10-12H,1,4-8H2,2-3H3. The molecule has 12 heavy (non-hydrogen) atoms. The number of hydrogen-bond acceptors (Lipinski definition) is 1. The van der Waals surface area contributed by atoms with Crippen LogP contribution in [0.15, 0.2) is 12.2 Å². The van der Waals surface area contributed by atoms with Gasteiger partial charge in [0.05, 0.1) is 0 Å². The van der Waals surface area contributed by atoms with Gasteiger partial charge in [-0.25, -0.2) is 0 Å². The van der Waals surface area contributed by atoms with Crippen LogP contribution < -0.4 is 5.32 Å². The summed E-state index contributed by atoms with van der Waals surface area (Å²) in [5.41, 5.74) is 1.34. The minimum absolute atomic E-state index is 0.767. The molecule has 0 aromatic heterocycles. The van der Waals surface area contributed by atoms with Crippen molar-refractivity contribution in [2.75, 3.05) is 7.05 Å². The lowest BCUT2D eigenvalue weighted by Gasteiger charge is -2.28. The fourth-order valence-corrected chi connectivity index (χ4v) is 2.23. The molecule has 1 heteroatoms. The van der Waals surface area contributed by atoms with E-state index in [1.165, 1.54) is 37.7 Å². The monoisotopic (exact) mass is 167 g/mol. The van der Waals surface area contributed by atoms with Gasteiger partial charge in [0.1, 0.15) is 0 Å². The van der Waals surface area contributed by atoms with E-state index in [4.69, 9.17) is 0 Å². The Morgan fingerprint density at radius 3 is 2.83 bits per heavy atom. The van der Waals surface area contributed by atoms with Gasteiger partial charge in [0.15, 0.2) is 0 Å². The van der Waals surface area contributed by atoms with Crippen LogP contribution in [0.1, 0.15) is 39.0 Å². The average Bonchev–Trinajstić information content (AvgIpc) is 2.03. The third-order valence-corrected chi connectivity index (χ3v) is 2.83. The van der Waals surface area contributed by atoms with Gasteiger partial charge in [-0.15, -0.1) is 6.58 Å². The molecular weight excluding hydrogens is 146 g/mol. The van der Waals surface area contributed by atoms with Crippen molar-refractivity contribution in [3.8, 4) is 0 Å². The molecule has 0 bridgehead atoms. The Balaban J connectivity index is 2.30. The van der Waals surface area contributed by atoms with Gasteiger partial charge in [-0.2, -0.15) is 0 Å². The molecule has 2 unspecified atom stereocenters. The van der Waals surface area contributed by atoms with E-state index in [0.29, 0.717) is 0 Å². The maximum atomic E-state index is 3.98. The maximum absolute atomic E-state index is 3.98. The Morgan fingerprint density at radius 1 is 1.50 bits per heavy atom. The van der Waals surface area contributed by atoms with Crippen LogP contribution in [0.3, 0.4) is 0 Å². The van der Waals surface area contributed by atoms with E-state index in [2.05, 4.69) is 25.9 Å². The molecule has 1 saturated carbocycles. The van der Waals surface area contributed by atoms with Crippen molar-refractivity contribution in [2.24, 2.45) is 5.92 Å². The lowest BCUT2D eigenvalue weighted by atomic mass is 9.82. The van der Waals surface area contributed by atoms with Crippen molar-refractivity contribution in [1.82, 2.24) is 5.32 Å². The first kappa shape index (κ1) is 9.79. The first-order chi connectivity index (χ1) is 5.72. The van der Waals surface area contributed by atoms with Gasteiger partial charge in [0, 0.05) is 6.04 Å². The molecule has 1 rings (SSSR count). The second-order valence-corrected chi connectivity index (χ2v) is 4.18. The second-order valence-electron chi connectivity index (χ2n) is 4.18. The molecule has 0 saturated heterocycles. The quantitative estimate of drug-likeness (QED) is 0.637. The highest BCUT2D eigenvalue weighted by atomic mass is 14.9. The summed E-state index contributed by atoms with van der Waals surface area (Å²) < 4.78 is 0. The molecule has 0 aliphatic heterocycles. The molecular formula is C11H21N. The summed E-state index contributed by atoms with van der Waals surface area (Å²) in [6.45, 7) is 6.12. The normalized spacial score (nSPS) is 30.2. The predicted molar refractivity (Wildman–Crippen MR) is 54.2 cm³/mol. The lowest BCUT2D eigenvalue weighted by Crippen LogP contribution is -2.31. The van der Waals surface area contributed by atoms with Gasteiger partial charge < -0.3 is 5.32 Å². The van der Waals surface area contributed by atoms with Crippen molar-refractivity contribution >= 4 is 0 Å². The van der Waals surface area contributed by atoms with Crippen LogP contribution >= 0.6 is 0 Å². The average molecular weight is 167 g/mol. The number of rotatable bonds is 3. The minimum Gasteiger partial charge on any atom is -0.317 e. The molecule has 0 heterocycles. The fourth-order valence-electron chi connectivity index (χ4n) is 2.23. The van der Waals surface area contributed by atoms with Crippen molar-refractivity contribution in [3.63, 3.8) is 0 Å². The van der Waals surface area contributed by atoms with Crippen molar-refractivity contribution < 1.29 is 0 Å². The Morgan fingerprint density at radius 2 is 2.25 bits per heavy atom. The molecule has 0 amide bonds. The Hall–Kier alpha value is -0.300. The summed E-state index contributed by atoms with van der Waals surface area (Å²) in [7, 11) is 2.08. The highest BCUT2D eigenvalue weighted by Gasteiger charge is 2.20. The molecule has 70 valence electrons. The second kappa shape index (κ2) is 4.66. The highest BCUT2D eigenvalue weighted by Crippen LogP contribution is 2.28. The first-order valence-corrected chi connectivity index (χ1v) is 5.04. The largest absolute Gasteiger partial charge is 0.317 e. The summed E-state index contributed by atoms with van der Waals surface area (Å²) in [6, 6.07) is 0.767. The smallest absolute Gasteiger partial charge is 0.00668 e. The van der Waals surface area contributed by atoms with E-state index in [0.717, 1.165) is 12.0 Å². The Kier molecular flexibility index (Phi) is 3.80. The van der Waals surface area contributed by atoms with Gasteiger partial charge >= 0.3 is 0 Å². The van der Waals surface area contributed by atoms with Crippen LogP contribution in [0.25, 0.3) is 0 Å². The molecule has 0 radical (unpaired) electrons. The summed E-state index contributed by atoms with van der Waals surface area (Å²) in [4.78, 5) is 0. The van der Waals surface area contributed by atoms with Crippen LogP contribution in [0.2, 0.25) is 0 Å². The van der Waals surface area contributed by atoms with E-state index in [1.54, 1.807) is 0 Å². The van der Waals surface area contributed by atoms with Gasteiger partial charge in [0.2, 0.25) is 0 Å². The highest BCUT2D eigenvalue weighted by molar-refractivity contribution is 4.92. The predicted octanol–water partition coefficient (Wildman–Crippen LogP) is 2.73. The zero-order valence-corrected chi connectivity index (χ0v) is 8.40. The van der Waals surface area contributed by atoms with E-state index >= 15 is 0 Å². The molecule has 1 N–H and O–H groups in total. The van der Waals surface area contributed by atoms with Gasteiger partial charge in [-0.1, -0.05) is 18.4 Å². The van der Waals surface area contributed by atoms with E-state index in [1.807, 2.05) is 0 Å². The number of allylic oxidation sites excluding steroid dienone is 1. The van der Waals surface area contributed by atoms with E-state index in [-0.39, 0.29) is 0 Å². The topological polar surface area (TPSA) is 12.0 Å². The summed E-state index contributed by atoms with van der Waals surface area (Å²) in [5.74, 6) is 0.897. The Labute approximate surface area is 76.2 Å². The van der Waals surface area contributed by atoms with Crippen LogP contribution in [0, 0.1) is 5.92 Å². The molecule has 0 aromatic carbocycles. The molecule has 2 atom stereocenters. The van der Waals surface area contributed by atoms with E-state index in [9.17, 15) is 0 Å². The zero-order chi connectivity index (χ0) is 8.97. The third-order valence-electron chi connectivity index (χ3n) is 2.83. The van der Waals surface area contributed by atoms with Crippen LogP contribution in [-0.2, 0) is 0 Å². The number of hydrogen-bond donors (Lipinski definition) is 1. The van der Waals surface area contributed by atoms with Gasteiger partial charge in [-0.3, -0.25) is 0 Å². The fraction of sp³-hybridized carbons (Fsp3) is 0.818. The SMILES string of the molecule is C=C(C)CC1CCCC(NC)C1. The molecule has 1 aliphatic carbocycles. The third kappa shape index (κ3) is 2.98. The van der Waals surface area contributed by atoms with Crippen molar-refractivity contribution in [2.45, 2.75) is 45.1 Å². The lowest BCUT2D eigenvalue weighted by molar-refractivity contribution is 0.294. The minimum atomic E-state index is 0.767. The van der Waals surface area contributed by atoms with Crippen LogP contribution in [0.4, 0.5) is 0 Å². The molecule has 1 fully saturated rings. The first-order valence-electron chi connectivity index (χ1n) is 5.04. The van der Waals surface area contributed by atoms with E-state index < -0.39 is 0 Å². The maximum Gasteiger partial charge on any atom is 0.00668 e. The Bertz CT molecular complexity index is 151. The van der Waals surface area contributed by atoms with Gasteiger partial charge in [-0.05, 0) is 39.2 Å². The van der Waals surface area contributed by atoms with Crippen LogP contribution in [-0.4, -0.2) is 13.1 Å². The van der Waals surface area contributed by atoms with Crippen molar-refractivity contribution in [1.29, 1.82) is 0 Å².